The molecule has 0 fully saturated rings. The molecule has 1 rings (SSSR count). The van der Waals surface area contributed by atoms with E-state index < -0.39 is 5.97 Å². The number of aromatic carboxylic acids is 1. The molecule has 1 aromatic rings. The molecule has 0 aliphatic rings. The SMILES string of the molecule is CCN(CC)CCCNCc1cc(C(=O)O)oc1C. The molecule has 0 unspecified atom stereocenters. The Morgan fingerprint density at radius 2 is 2.11 bits per heavy atom. The van der Waals surface area contributed by atoms with Crippen LogP contribution in [0.1, 0.15) is 42.1 Å². The molecule has 2 N–H and O–H groups in total. The molecule has 1 aromatic heterocycles. The Balaban J connectivity index is 2.28. The quantitative estimate of drug-likeness (QED) is 0.671. The molecule has 0 saturated carbocycles. The first-order valence-electron chi connectivity index (χ1n) is 6.84. The highest BCUT2D eigenvalue weighted by atomic mass is 16.4. The van der Waals surface area contributed by atoms with E-state index >= 15 is 0 Å². The van der Waals surface area contributed by atoms with E-state index in [-0.39, 0.29) is 5.76 Å². The maximum absolute atomic E-state index is 10.8. The average Bonchev–Trinajstić information content (AvgIpc) is 2.76. The summed E-state index contributed by atoms with van der Waals surface area (Å²) in [7, 11) is 0. The predicted molar refractivity (Wildman–Crippen MR) is 74.5 cm³/mol. The first kappa shape index (κ1) is 15.7. The van der Waals surface area contributed by atoms with E-state index in [9.17, 15) is 4.79 Å². The molecule has 0 saturated heterocycles. The highest BCUT2D eigenvalue weighted by Gasteiger charge is 2.12. The lowest BCUT2D eigenvalue weighted by atomic mass is 10.2. The summed E-state index contributed by atoms with van der Waals surface area (Å²) in [6.45, 7) is 10.9. The van der Waals surface area contributed by atoms with Gasteiger partial charge in [-0.05, 0) is 45.6 Å². The van der Waals surface area contributed by atoms with Gasteiger partial charge in [-0.3, -0.25) is 0 Å². The second-order valence-corrected chi connectivity index (χ2v) is 4.55. The molecule has 0 aromatic carbocycles. The smallest absolute Gasteiger partial charge is 0.371 e. The number of hydrogen-bond acceptors (Lipinski definition) is 4. The molecule has 5 nitrogen and oxygen atoms in total. The molecular weight excluding hydrogens is 244 g/mol. The summed E-state index contributed by atoms with van der Waals surface area (Å²) in [5, 5.41) is 12.1. The van der Waals surface area contributed by atoms with Crippen LogP contribution in [0, 0.1) is 6.92 Å². The Labute approximate surface area is 114 Å². The third kappa shape index (κ3) is 5.04. The number of carboxylic acid groups (broad SMARTS) is 1. The van der Waals surface area contributed by atoms with Gasteiger partial charge in [0.05, 0.1) is 0 Å². The lowest BCUT2D eigenvalue weighted by Crippen LogP contribution is -2.27. The van der Waals surface area contributed by atoms with Gasteiger partial charge in [0.1, 0.15) is 5.76 Å². The molecule has 1 heterocycles. The van der Waals surface area contributed by atoms with Crippen LogP contribution < -0.4 is 5.32 Å². The van der Waals surface area contributed by atoms with Gasteiger partial charge in [-0.15, -0.1) is 0 Å². The van der Waals surface area contributed by atoms with Crippen LogP contribution in [0.5, 0.6) is 0 Å². The number of aryl methyl sites for hydroxylation is 1. The summed E-state index contributed by atoms with van der Waals surface area (Å²) in [4.78, 5) is 13.1. The van der Waals surface area contributed by atoms with Gasteiger partial charge in [0.25, 0.3) is 0 Å². The fourth-order valence-electron chi connectivity index (χ4n) is 1.99. The fourth-order valence-corrected chi connectivity index (χ4v) is 1.99. The second-order valence-electron chi connectivity index (χ2n) is 4.55. The standard InChI is InChI=1S/C14H24N2O3/c1-4-16(5-2)8-6-7-15-10-12-9-13(14(17)18)19-11(12)3/h9,15H,4-8,10H2,1-3H3,(H,17,18). The van der Waals surface area contributed by atoms with Gasteiger partial charge in [-0.2, -0.15) is 0 Å². The van der Waals surface area contributed by atoms with Gasteiger partial charge < -0.3 is 19.7 Å². The highest BCUT2D eigenvalue weighted by molar-refractivity contribution is 5.84. The minimum absolute atomic E-state index is 0.0115. The molecular formula is C14H24N2O3. The van der Waals surface area contributed by atoms with Crippen molar-refractivity contribution in [3.8, 4) is 0 Å². The topological polar surface area (TPSA) is 65.7 Å². The Morgan fingerprint density at radius 3 is 2.63 bits per heavy atom. The highest BCUT2D eigenvalue weighted by Crippen LogP contribution is 2.14. The van der Waals surface area contributed by atoms with Crippen molar-refractivity contribution in [3.05, 3.63) is 23.2 Å². The molecule has 0 bridgehead atoms. The molecule has 0 aliphatic heterocycles. The molecule has 108 valence electrons. The normalized spacial score (nSPS) is 11.2. The van der Waals surface area contributed by atoms with E-state index in [1.54, 1.807) is 13.0 Å². The van der Waals surface area contributed by atoms with E-state index in [0.29, 0.717) is 12.3 Å². The molecule has 0 amide bonds. The van der Waals surface area contributed by atoms with E-state index in [4.69, 9.17) is 9.52 Å². The molecule has 0 atom stereocenters. The van der Waals surface area contributed by atoms with Crippen LogP contribution in [0.25, 0.3) is 0 Å². The van der Waals surface area contributed by atoms with E-state index in [1.165, 1.54) is 0 Å². The lowest BCUT2D eigenvalue weighted by Gasteiger charge is -2.17. The van der Waals surface area contributed by atoms with Crippen molar-refractivity contribution < 1.29 is 14.3 Å². The van der Waals surface area contributed by atoms with Crippen molar-refractivity contribution in [1.29, 1.82) is 0 Å². The number of hydrogen-bond donors (Lipinski definition) is 2. The summed E-state index contributed by atoms with van der Waals surface area (Å²) in [5.41, 5.74) is 0.917. The van der Waals surface area contributed by atoms with Crippen molar-refractivity contribution in [2.24, 2.45) is 0 Å². The molecule has 19 heavy (non-hydrogen) atoms. The maximum atomic E-state index is 10.8. The van der Waals surface area contributed by atoms with E-state index in [2.05, 4.69) is 24.1 Å². The Kier molecular flexibility index (Phi) is 6.59. The van der Waals surface area contributed by atoms with Crippen molar-refractivity contribution in [2.45, 2.75) is 33.7 Å². The fraction of sp³-hybridized carbons (Fsp3) is 0.643. The van der Waals surface area contributed by atoms with Crippen molar-refractivity contribution >= 4 is 5.97 Å². The number of carbonyl (C=O) groups is 1. The minimum Gasteiger partial charge on any atom is -0.475 e. The second kappa shape index (κ2) is 7.96. The summed E-state index contributed by atoms with van der Waals surface area (Å²) in [6, 6.07) is 1.59. The van der Waals surface area contributed by atoms with Crippen LogP contribution in [0.2, 0.25) is 0 Å². The van der Waals surface area contributed by atoms with E-state index in [1.807, 2.05) is 0 Å². The number of nitrogens with zero attached hydrogens (tertiary/aromatic N) is 1. The zero-order valence-corrected chi connectivity index (χ0v) is 12.0. The molecule has 0 radical (unpaired) electrons. The minimum atomic E-state index is -1.02. The number of rotatable bonds is 9. The van der Waals surface area contributed by atoms with Crippen LogP contribution in [0.3, 0.4) is 0 Å². The monoisotopic (exact) mass is 268 g/mol. The third-order valence-electron chi connectivity index (χ3n) is 3.27. The summed E-state index contributed by atoms with van der Waals surface area (Å²) in [6.07, 6.45) is 1.09. The zero-order valence-electron chi connectivity index (χ0n) is 12.0. The Morgan fingerprint density at radius 1 is 1.42 bits per heavy atom. The summed E-state index contributed by atoms with van der Waals surface area (Å²) in [5.74, 6) is -0.332. The van der Waals surface area contributed by atoms with E-state index in [0.717, 1.165) is 38.2 Å². The summed E-state index contributed by atoms with van der Waals surface area (Å²) >= 11 is 0. The number of nitrogens with one attached hydrogen (secondary N) is 1. The Bertz CT molecular complexity index is 397. The summed E-state index contributed by atoms with van der Waals surface area (Å²) < 4.78 is 5.16. The van der Waals surface area contributed by atoms with Crippen molar-refractivity contribution in [1.82, 2.24) is 10.2 Å². The zero-order chi connectivity index (χ0) is 14.3. The van der Waals surface area contributed by atoms with Crippen molar-refractivity contribution in [2.75, 3.05) is 26.2 Å². The van der Waals surface area contributed by atoms with Gasteiger partial charge >= 0.3 is 5.97 Å². The first-order chi connectivity index (χ1) is 9.08. The Hall–Kier alpha value is -1.33. The van der Waals surface area contributed by atoms with Gasteiger partial charge in [0, 0.05) is 12.1 Å². The van der Waals surface area contributed by atoms with Gasteiger partial charge in [0.15, 0.2) is 0 Å². The maximum Gasteiger partial charge on any atom is 0.371 e. The first-order valence-corrected chi connectivity index (χ1v) is 6.84. The van der Waals surface area contributed by atoms with Crippen LogP contribution >= 0.6 is 0 Å². The number of carboxylic acids is 1. The van der Waals surface area contributed by atoms with Crippen molar-refractivity contribution in [3.63, 3.8) is 0 Å². The van der Waals surface area contributed by atoms with Crippen LogP contribution in [-0.2, 0) is 6.54 Å². The molecule has 5 heteroatoms. The molecule has 0 spiro atoms. The largest absolute Gasteiger partial charge is 0.475 e. The van der Waals surface area contributed by atoms with Crippen LogP contribution in [0.4, 0.5) is 0 Å². The lowest BCUT2D eigenvalue weighted by molar-refractivity contribution is 0.0661. The third-order valence-corrected chi connectivity index (χ3v) is 3.27. The number of furan rings is 1. The van der Waals surface area contributed by atoms with Gasteiger partial charge in [-0.1, -0.05) is 13.8 Å². The van der Waals surface area contributed by atoms with Gasteiger partial charge in [-0.25, -0.2) is 4.79 Å². The van der Waals surface area contributed by atoms with Crippen LogP contribution in [0.15, 0.2) is 10.5 Å². The van der Waals surface area contributed by atoms with Gasteiger partial charge in [0.2, 0.25) is 5.76 Å². The molecule has 0 aliphatic carbocycles. The average molecular weight is 268 g/mol. The van der Waals surface area contributed by atoms with Crippen LogP contribution in [-0.4, -0.2) is 42.2 Å². The predicted octanol–water partition coefficient (Wildman–Crippen LogP) is 2.11.